The van der Waals surface area contributed by atoms with Gasteiger partial charge in [0.15, 0.2) is 0 Å². The molecule has 0 radical (unpaired) electrons. The number of carboxylic acid groups (broad SMARTS) is 5. The summed E-state index contributed by atoms with van der Waals surface area (Å²) in [6.07, 6.45) is 0. The molecular formula is C17H25N2Na3O10. The molecule has 1 aromatic rings. The zero-order valence-corrected chi connectivity index (χ0v) is 15.3. The van der Waals surface area contributed by atoms with Crippen molar-refractivity contribution in [1.29, 1.82) is 0 Å². The van der Waals surface area contributed by atoms with Crippen LogP contribution in [-0.2, 0) is 19.2 Å². The number of nitrogens with zero attached hydrogens (tertiary/aromatic N) is 2. The molecule has 15 heteroatoms. The Morgan fingerprint density at radius 3 is 1.03 bits per heavy atom. The van der Waals surface area contributed by atoms with Gasteiger partial charge in [-0.1, -0.05) is 18.2 Å². The van der Waals surface area contributed by atoms with E-state index < -0.39 is 56.0 Å². The first-order chi connectivity index (χ1) is 13.5. The fourth-order valence-corrected chi connectivity index (χ4v) is 2.06. The second-order valence-corrected chi connectivity index (χ2v) is 5.67. The van der Waals surface area contributed by atoms with Crippen LogP contribution < -0.4 is 0 Å². The Morgan fingerprint density at radius 2 is 0.844 bits per heavy atom. The Bertz CT molecular complexity index is 654. The molecule has 0 amide bonds. The predicted octanol–water partition coefficient (Wildman–Crippen LogP) is -2.63. The van der Waals surface area contributed by atoms with E-state index in [2.05, 4.69) is 0 Å². The van der Waals surface area contributed by atoms with E-state index in [0.29, 0.717) is 5.56 Å². The van der Waals surface area contributed by atoms with Crippen LogP contribution in [0.3, 0.4) is 0 Å². The molecule has 0 aliphatic carbocycles. The molecule has 0 saturated heterocycles. The summed E-state index contributed by atoms with van der Waals surface area (Å²) in [5.41, 5.74) is 0.331. The molecule has 0 unspecified atom stereocenters. The average molecular weight is 486 g/mol. The molecule has 0 aliphatic heterocycles. The van der Waals surface area contributed by atoms with E-state index in [4.69, 9.17) is 25.5 Å². The van der Waals surface area contributed by atoms with Crippen molar-refractivity contribution in [3.05, 3.63) is 35.9 Å². The summed E-state index contributed by atoms with van der Waals surface area (Å²) >= 11 is 0. The van der Waals surface area contributed by atoms with Crippen LogP contribution in [0.4, 0.5) is 0 Å². The third-order valence-corrected chi connectivity index (χ3v) is 3.19. The van der Waals surface area contributed by atoms with Crippen LogP contribution in [-0.4, -0.2) is 193 Å². The summed E-state index contributed by atoms with van der Waals surface area (Å²) in [6.45, 7) is -2.25. The Balaban J connectivity index is -0.000000276. The van der Waals surface area contributed by atoms with Gasteiger partial charge in [-0.25, -0.2) is 4.79 Å². The summed E-state index contributed by atoms with van der Waals surface area (Å²) in [4.78, 5) is 54.6. The van der Waals surface area contributed by atoms with Gasteiger partial charge in [0.05, 0.1) is 31.7 Å². The van der Waals surface area contributed by atoms with Gasteiger partial charge >= 0.3 is 119 Å². The second kappa shape index (κ2) is 22.3. The summed E-state index contributed by atoms with van der Waals surface area (Å²) in [5.74, 6) is -5.79. The fourth-order valence-electron chi connectivity index (χ4n) is 2.06. The van der Waals surface area contributed by atoms with Crippen LogP contribution in [0.25, 0.3) is 0 Å². The van der Waals surface area contributed by atoms with Crippen LogP contribution in [0.15, 0.2) is 30.3 Å². The maximum absolute atomic E-state index is 10.6. The summed E-state index contributed by atoms with van der Waals surface area (Å²) in [7, 11) is 0. The number of hydrogen-bond donors (Lipinski definition) is 5. The minimum atomic E-state index is -1.23. The molecule has 0 bridgehead atoms. The van der Waals surface area contributed by atoms with Crippen molar-refractivity contribution in [2.75, 3.05) is 39.3 Å². The molecule has 0 fully saturated rings. The zero-order chi connectivity index (χ0) is 22.4. The van der Waals surface area contributed by atoms with E-state index in [-0.39, 0.29) is 102 Å². The van der Waals surface area contributed by atoms with Gasteiger partial charge in [0.1, 0.15) is 0 Å². The van der Waals surface area contributed by atoms with E-state index in [1.165, 1.54) is 0 Å². The Morgan fingerprint density at radius 1 is 0.562 bits per heavy atom. The summed E-state index contributed by atoms with van der Waals surface area (Å²) in [6, 6.07) is 8.30. The molecule has 0 saturated carbocycles. The van der Waals surface area contributed by atoms with Gasteiger partial charge in [-0.15, -0.1) is 0 Å². The topological polar surface area (TPSA) is 193 Å². The number of benzene rings is 1. The van der Waals surface area contributed by atoms with Crippen molar-refractivity contribution < 1.29 is 49.5 Å². The van der Waals surface area contributed by atoms with Crippen LogP contribution in [0.2, 0.25) is 0 Å². The standard InChI is InChI=1S/C10H16N2O8.C7H6O2.3Na.3H/c13-7(14)3-11(4-8(15)16)1-2-12(5-9(17)18)6-10(19)20;8-7(9)6-4-2-1-3-5-6;;;;;;/h1-6H2,(H,13,14)(H,15,16)(H,17,18)(H,19,20);1-5H,(H,8,9);;;;;;. The van der Waals surface area contributed by atoms with E-state index in [1.807, 2.05) is 0 Å². The van der Waals surface area contributed by atoms with Gasteiger partial charge in [-0.05, 0) is 12.1 Å². The van der Waals surface area contributed by atoms with Crippen molar-refractivity contribution >= 4 is 119 Å². The van der Waals surface area contributed by atoms with Crippen molar-refractivity contribution in [2.24, 2.45) is 0 Å². The fraction of sp³-hybridized carbons (Fsp3) is 0.353. The SMILES string of the molecule is O=C(O)CN(CCN(CC(=O)O)CC(=O)O)CC(=O)O.O=C(O)c1ccccc1.[NaH].[NaH].[NaH]. The minimum absolute atomic E-state index is 0. The van der Waals surface area contributed by atoms with E-state index in [0.717, 1.165) is 9.80 Å². The van der Waals surface area contributed by atoms with Gasteiger partial charge in [0.25, 0.3) is 0 Å². The summed E-state index contributed by atoms with van der Waals surface area (Å²) < 4.78 is 0. The maximum atomic E-state index is 10.6. The number of hydrogen-bond acceptors (Lipinski definition) is 7. The number of aliphatic carboxylic acids is 4. The normalized spacial score (nSPS) is 9.19. The molecule has 0 aromatic heterocycles. The van der Waals surface area contributed by atoms with E-state index in [1.54, 1.807) is 30.3 Å². The van der Waals surface area contributed by atoms with Crippen LogP contribution in [0.5, 0.6) is 0 Å². The molecule has 0 spiro atoms. The molecule has 32 heavy (non-hydrogen) atoms. The molecule has 1 aromatic carbocycles. The van der Waals surface area contributed by atoms with Crippen LogP contribution in [0.1, 0.15) is 10.4 Å². The van der Waals surface area contributed by atoms with Crippen molar-refractivity contribution in [3.63, 3.8) is 0 Å². The number of carbonyl (C=O) groups is 5. The first kappa shape index (κ1) is 38.7. The quantitative estimate of drug-likeness (QED) is 0.193. The van der Waals surface area contributed by atoms with Gasteiger partial charge in [-0.2, -0.15) is 0 Å². The number of rotatable bonds is 12. The Kier molecular flexibility index (Phi) is 27.0. The van der Waals surface area contributed by atoms with Gasteiger partial charge in [0.2, 0.25) is 0 Å². The third kappa shape index (κ3) is 22.7. The van der Waals surface area contributed by atoms with Gasteiger partial charge < -0.3 is 25.5 Å². The molecular weight excluding hydrogens is 461 g/mol. The predicted molar refractivity (Wildman–Crippen MR) is 118 cm³/mol. The molecule has 1 rings (SSSR count). The molecule has 0 atom stereocenters. The monoisotopic (exact) mass is 486 g/mol. The number of aromatic carboxylic acids is 1. The van der Waals surface area contributed by atoms with E-state index in [9.17, 15) is 24.0 Å². The van der Waals surface area contributed by atoms with Gasteiger partial charge in [-0.3, -0.25) is 29.0 Å². The average Bonchev–Trinajstić information content (AvgIpc) is 2.59. The zero-order valence-electron chi connectivity index (χ0n) is 15.3. The summed E-state index contributed by atoms with van der Waals surface area (Å²) in [5, 5.41) is 42.9. The molecule has 166 valence electrons. The molecule has 0 heterocycles. The Hall–Kier alpha value is -0.510. The first-order valence-corrected chi connectivity index (χ1v) is 8.11. The van der Waals surface area contributed by atoms with Crippen molar-refractivity contribution in [1.82, 2.24) is 9.80 Å². The van der Waals surface area contributed by atoms with Crippen LogP contribution in [0, 0.1) is 0 Å². The molecule has 5 N–H and O–H groups in total. The second-order valence-electron chi connectivity index (χ2n) is 5.67. The van der Waals surface area contributed by atoms with Crippen molar-refractivity contribution in [3.8, 4) is 0 Å². The number of carboxylic acids is 5. The Labute approximate surface area is 250 Å². The van der Waals surface area contributed by atoms with E-state index >= 15 is 0 Å². The van der Waals surface area contributed by atoms with Gasteiger partial charge in [0, 0.05) is 13.1 Å². The first-order valence-electron chi connectivity index (χ1n) is 8.11. The molecule has 12 nitrogen and oxygen atoms in total. The molecule has 0 aliphatic rings. The van der Waals surface area contributed by atoms with Crippen molar-refractivity contribution in [2.45, 2.75) is 0 Å². The third-order valence-electron chi connectivity index (χ3n) is 3.19. The van der Waals surface area contributed by atoms with Crippen LogP contribution >= 0.6 is 0 Å².